The van der Waals surface area contributed by atoms with E-state index in [4.69, 9.17) is 0 Å². The number of nitrogens with zero attached hydrogens (tertiary/aromatic N) is 1. The lowest BCUT2D eigenvalue weighted by Gasteiger charge is -2.14. The van der Waals surface area contributed by atoms with Gasteiger partial charge in [0, 0.05) is 5.69 Å². The lowest BCUT2D eigenvalue weighted by molar-refractivity contribution is -0.131. The van der Waals surface area contributed by atoms with E-state index < -0.39 is 45.2 Å². The van der Waals surface area contributed by atoms with Gasteiger partial charge in [-0.3, -0.25) is 34.2 Å². The molecule has 2 aliphatic rings. The van der Waals surface area contributed by atoms with E-state index in [0.717, 1.165) is 4.90 Å². The van der Waals surface area contributed by atoms with Crippen LogP contribution < -0.4 is 10.6 Å². The summed E-state index contributed by atoms with van der Waals surface area (Å²) < 4.78 is 0. The van der Waals surface area contributed by atoms with Gasteiger partial charge in [-0.15, -0.1) is 0 Å². The van der Waals surface area contributed by atoms with Crippen LogP contribution in [0.2, 0.25) is 0 Å². The fourth-order valence-electron chi connectivity index (χ4n) is 2.23. The Labute approximate surface area is 144 Å². The Morgan fingerprint density at radius 1 is 1.08 bits per heavy atom. The molecule has 2 aliphatic heterocycles. The van der Waals surface area contributed by atoms with Crippen molar-refractivity contribution in [1.82, 2.24) is 10.2 Å². The topological polar surface area (TPSA) is 113 Å². The molecule has 2 saturated heterocycles. The highest BCUT2D eigenvalue weighted by Gasteiger charge is 2.50. The van der Waals surface area contributed by atoms with Gasteiger partial charge in [0.1, 0.15) is 17.0 Å². The summed E-state index contributed by atoms with van der Waals surface area (Å²) in [4.78, 5) is 60.0. The van der Waals surface area contributed by atoms with Crippen LogP contribution in [0, 0.1) is 0 Å². The Morgan fingerprint density at radius 2 is 1.79 bits per heavy atom. The summed E-state index contributed by atoms with van der Waals surface area (Å²) in [5, 5.41) is 1.54. The first-order valence-corrected chi connectivity index (χ1v) is 8.60. The van der Waals surface area contributed by atoms with Gasteiger partial charge in [0.25, 0.3) is 10.5 Å². The fourth-order valence-corrected chi connectivity index (χ4v) is 4.34. The van der Waals surface area contributed by atoms with Crippen LogP contribution in [0.1, 0.15) is 0 Å². The zero-order valence-electron chi connectivity index (χ0n) is 12.1. The lowest BCUT2D eigenvalue weighted by atomic mass is 10.2. The van der Waals surface area contributed by atoms with Gasteiger partial charge >= 0.3 is 0 Å². The molecule has 2 N–H and O–H groups in total. The van der Waals surface area contributed by atoms with Crippen LogP contribution in [0.15, 0.2) is 30.3 Å². The van der Waals surface area contributed by atoms with Gasteiger partial charge in [-0.2, -0.15) is 0 Å². The summed E-state index contributed by atoms with van der Waals surface area (Å²) in [6.45, 7) is -0.441. The number of rotatable bonds is 4. The Kier molecular flexibility index (Phi) is 4.58. The zero-order valence-corrected chi connectivity index (χ0v) is 13.7. The molecule has 2 atom stereocenters. The van der Waals surface area contributed by atoms with Crippen LogP contribution >= 0.6 is 23.5 Å². The Hall–Kier alpha value is -2.33. The second kappa shape index (κ2) is 6.65. The Morgan fingerprint density at radius 3 is 2.42 bits per heavy atom. The summed E-state index contributed by atoms with van der Waals surface area (Å²) in [7, 11) is 0. The van der Waals surface area contributed by atoms with Crippen molar-refractivity contribution in [2.45, 2.75) is 10.5 Å². The van der Waals surface area contributed by atoms with Crippen LogP contribution in [-0.4, -0.2) is 50.1 Å². The van der Waals surface area contributed by atoms with Gasteiger partial charge in [0.15, 0.2) is 0 Å². The number of carbonyl (C=O) groups excluding carboxylic acids is 5. The Balaban J connectivity index is 1.65. The molecule has 0 aliphatic carbocycles. The number of amides is 5. The van der Waals surface area contributed by atoms with Crippen LogP contribution in [0.4, 0.5) is 15.3 Å². The highest BCUT2D eigenvalue weighted by molar-refractivity contribution is 8.19. The zero-order chi connectivity index (χ0) is 17.3. The average Bonchev–Trinajstić information content (AvgIpc) is 3.01. The van der Waals surface area contributed by atoms with E-state index >= 15 is 0 Å². The minimum absolute atomic E-state index is 0.441. The van der Waals surface area contributed by atoms with Gasteiger partial charge in [-0.05, 0) is 35.7 Å². The molecule has 24 heavy (non-hydrogen) atoms. The molecule has 2 heterocycles. The lowest BCUT2D eigenvalue weighted by Crippen LogP contribution is -2.42. The van der Waals surface area contributed by atoms with Crippen molar-refractivity contribution in [3.63, 3.8) is 0 Å². The number of hydrogen-bond donors (Lipinski definition) is 2. The van der Waals surface area contributed by atoms with Crippen LogP contribution in [0.25, 0.3) is 0 Å². The first-order valence-electron chi connectivity index (χ1n) is 6.84. The van der Waals surface area contributed by atoms with E-state index in [1.165, 1.54) is 0 Å². The van der Waals surface area contributed by atoms with Crippen molar-refractivity contribution >= 4 is 57.4 Å². The molecule has 1 aromatic carbocycles. The average molecular weight is 365 g/mol. The number of thioether (sulfide) groups is 2. The summed E-state index contributed by atoms with van der Waals surface area (Å²) in [6, 6.07) is 8.61. The highest BCUT2D eigenvalue weighted by atomic mass is 32.2. The molecule has 0 radical (unpaired) electrons. The summed E-state index contributed by atoms with van der Waals surface area (Å²) >= 11 is 1.34. The van der Waals surface area contributed by atoms with Crippen LogP contribution in [0.5, 0.6) is 0 Å². The minimum Gasteiger partial charge on any atom is -0.325 e. The van der Waals surface area contributed by atoms with Crippen molar-refractivity contribution in [3.05, 3.63) is 30.3 Å². The number of carbonyl (C=O) groups is 5. The monoisotopic (exact) mass is 365 g/mol. The third-order valence-electron chi connectivity index (χ3n) is 3.31. The number of para-hydroxylation sites is 1. The molecule has 0 aromatic heterocycles. The fraction of sp³-hybridized carbons (Fsp3) is 0.214. The second-order valence-corrected chi connectivity index (χ2v) is 7.17. The van der Waals surface area contributed by atoms with Crippen LogP contribution in [-0.2, 0) is 14.4 Å². The van der Waals surface area contributed by atoms with Crippen molar-refractivity contribution in [2.75, 3.05) is 11.9 Å². The van der Waals surface area contributed by atoms with Crippen molar-refractivity contribution in [1.29, 1.82) is 0 Å². The van der Waals surface area contributed by atoms with Gasteiger partial charge in [0.05, 0.1) is 0 Å². The highest BCUT2D eigenvalue weighted by Crippen LogP contribution is 2.36. The first-order chi connectivity index (χ1) is 11.5. The number of imide groups is 2. The summed E-state index contributed by atoms with van der Waals surface area (Å²) in [5.41, 5.74) is 0.544. The second-order valence-electron chi connectivity index (χ2n) is 4.96. The van der Waals surface area contributed by atoms with Crippen molar-refractivity contribution < 1.29 is 24.0 Å². The molecule has 0 spiro atoms. The molecule has 5 amide bonds. The molecule has 2 unspecified atom stereocenters. The number of nitrogens with one attached hydrogen (secondary N) is 2. The molecular formula is C14H11N3O5S2. The third-order valence-corrected chi connectivity index (χ3v) is 5.69. The molecule has 10 heteroatoms. The standard InChI is InChI=1S/C14H11N3O5S2/c18-8(15-7-4-2-1-3-5-7)6-17-12(20)10(24-14(17)22)9-11(19)16-13(21)23-9/h1-5,9-10H,6H2,(H,15,18)(H,16,19,21). The number of anilines is 1. The molecule has 3 rings (SSSR count). The first kappa shape index (κ1) is 16.5. The molecule has 2 fully saturated rings. The predicted molar refractivity (Wildman–Crippen MR) is 88.5 cm³/mol. The van der Waals surface area contributed by atoms with Gasteiger partial charge in [-0.1, -0.05) is 18.2 Å². The van der Waals surface area contributed by atoms with E-state index in [2.05, 4.69) is 10.6 Å². The minimum atomic E-state index is -1.00. The SMILES string of the molecule is O=C(CN1C(=O)SC(C2SC(=O)NC2=O)C1=O)Nc1ccccc1. The number of hydrogen-bond acceptors (Lipinski definition) is 7. The third kappa shape index (κ3) is 3.29. The van der Waals surface area contributed by atoms with E-state index in [1.807, 2.05) is 0 Å². The van der Waals surface area contributed by atoms with E-state index in [-0.39, 0.29) is 0 Å². The maximum absolute atomic E-state index is 12.3. The normalized spacial score (nSPS) is 23.6. The predicted octanol–water partition coefficient (Wildman–Crippen LogP) is 1.04. The maximum Gasteiger partial charge on any atom is 0.289 e. The van der Waals surface area contributed by atoms with Crippen molar-refractivity contribution in [2.24, 2.45) is 0 Å². The molecule has 0 saturated carbocycles. The van der Waals surface area contributed by atoms with Crippen LogP contribution in [0.3, 0.4) is 0 Å². The molecule has 1 aromatic rings. The largest absolute Gasteiger partial charge is 0.325 e. The van der Waals surface area contributed by atoms with Gasteiger partial charge in [-0.25, -0.2) is 0 Å². The summed E-state index contributed by atoms with van der Waals surface area (Å²) in [6.07, 6.45) is 0. The Bertz CT molecular complexity index is 739. The van der Waals surface area contributed by atoms with Gasteiger partial charge in [0.2, 0.25) is 17.7 Å². The molecule has 8 nitrogen and oxygen atoms in total. The van der Waals surface area contributed by atoms with Crippen molar-refractivity contribution in [3.8, 4) is 0 Å². The van der Waals surface area contributed by atoms with E-state index in [0.29, 0.717) is 29.2 Å². The maximum atomic E-state index is 12.3. The quantitative estimate of drug-likeness (QED) is 0.820. The smallest absolute Gasteiger partial charge is 0.289 e. The van der Waals surface area contributed by atoms with Gasteiger partial charge < -0.3 is 5.32 Å². The number of benzene rings is 1. The molecular weight excluding hydrogens is 354 g/mol. The molecule has 124 valence electrons. The van der Waals surface area contributed by atoms with E-state index in [9.17, 15) is 24.0 Å². The van der Waals surface area contributed by atoms with E-state index in [1.54, 1.807) is 30.3 Å². The summed E-state index contributed by atoms with van der Waals surface area (Å²) in [5.74, 6) is -1.77. The molecule has 0 bridgehead atoms.